The lowest BCUT2D eigenvalue weighted by atomic mass is 10.2. The first-order valence-electron chi connectivity index (χ1n) is 10.7. The summed E-state index contributed by atoms with van der Waals surface area (Å²) in [5.41, 5.74) is 3.56. The van der Waals surface area contributed by atoms with E-state index in [0.29, 0.717) is 38.2 Å². The van der Waals surface area contributed by atoms with E-state index in [1.54, 1.807) is 25.3 Å². The number of ether oxygens (including phenoxy) is 1. The molecule has 7 nitrogen and oxygen atoms in total. The Morgan fingerprint density at radius 1 is 1.06 bits per heavy atom. The average Bonchev–Trinajstić information content (AvgIpc) is 3.25. The van der Waals surface area contributed by atoms with E-state index in [1.165, 1.54) is 11.8 Å². The smallest absolute Gasteiger partial charge is 0.319 e. The van der Waals surface area contributed by atoms with Crippen LogP contribution in [0.1, 0.15) is 17.0 Å². The summed E-state index contributed by atoms with van der Waals surface area (Å²) in [4.78, 5) is 12.5. The van der Waals surface area contributed by atoms with Crippen molar-refractivity contribution in [2.75, 3.05) is 12.4 Å². The third-order valence-electron chi connectivity index (χ3n) is 5.07. The van der Waals surface area contributed by atoms with Crippen molar-refractivity contribution in [2.24, 2.45) is 0 Å². The van der Waals surface area contributed by atoms with E-state index in [1.807, 2.05) is 60.0 Å². The van der Waals surface area contributed by atoms with Crippen molar-refractivity contribution in [1.82, 2.24) is 20.1 Å². The summed E-state index contributed by atoms with van der Waals surface area (Å²) in [7, 11) is 1.64. The summed E-state index contributed by atoms with van der Waals surface area (Å²) in [6.45, 7) is 2.13. The van der Waals surface area contributed by atoms with Gasteiger partial charge in [-0.05, 0) is 55.0 Å². The number of nitrogens with one attached hydrogen (secondary N) is 2. The molecule has 10 heteroatoms. The van der Waals surface area contributed by atoms with Crippen molar-refractivity contribution in [3.05, 3.63) is 93.7 Å². The van der Waals surface area contributed by atoms with Gasteiger partial charge in [-0.1, -0.05) is 64.8 Å². The number of rotatable bonds is 8. The van der Waals surface area contributed by atoms with Gasteiger partial charge in [-0.3, -0.25) is 4.57 Å². The average molecular weight is 528 g/mol. The quantitative estimate of drug-likeness (QED) is 0.255. The maximum absolute atomic E-state index is 12.5. The van der Waals surface area contributed by atoms with Crippen LogP contribution < -0.4 is 15.4 Å². The van der Waals surface area contributed by atoms with E-state index in [2.05, 4.69) is 20.8 Å². The van der Waals surface area contributed by atoms with Gasteiger partial charge in [-0.15, -0.1) is 10.2 Å². The Bertz CT molecular complexity index is 1330. The second-order valence-electron chi connectivity index (χ2n) is 7.64. The zero-order valence-electron chi connectivity index (χ0n) is 19.1. The Morgan fingerprint density at radius 3 is 2.60 bits per heavy atom. The third kappa shape index (κ3) is 6.48. The summed E-state index contributed by atoms with van der Waals surface area (Å²) in [6.07, 6.45) is 0. The normalized spacial score (nSPS) is 10.7. The summed E-state index contributed by atoms with van der Waals surface area (Å²) in [5.74, 6) is 1.96. The largest absolute Gasteiger partial charge is 0.497 e. The molecule has 0 radical (unpaired) electrons. The molecule has 1 aromatic heterocycles. The number of hydrogen-bond acceptors (Lipinski definition) is 5. The lowest BCUT2D eigenvalue weighted by molar-refractivity contribution is 0.251. The highest BCUT2D eigenvalue weighted by molar-refractivity contribution is 7.98. The monoisotopic (exact) mass is 527 g/mol. The molecule has 180 valence electrons. The highest BCUT2D eigenvalue weighted by Gasteiger charge is 2.18. The van der Waals surface area contributed by atoms with Crippen LogP contribution in [-0.2, 0) is 12.3 Å². The molecule has 0 atom stereocenters. The molecule has 0 aliphatic rings. The number of urea groups is 1. The number of halogens is 2. The van der Waals surface area contributed by atoms with Crippen molar-refractivity contribution >= 4 is 46.7 Å². The number of amides is 2. The SMILES string of the molecule is COc1cccc(CSc2nnc(CNC(=O)Nc3ccc(C)cc3)n2-c2ccc(Cl)cc2Cl)c1. The molecule has 2 amide bonds. The van der Waals surface area contributed by atoms with Gasteiger partial charge in [0.15, 0.2) is 11.0 Å². The van der Waals surface area contributed by atoms with E-state index < -0.39 is 0 Å². The highest BCUT2D eigenvalue weighted by Crippen LogP contribution is 2.31. The number of carbonyl (C=O) groups excluding carboxylic acids is 1. The molecule has 2 N–H and O–H groups in total. The van der Waals surface area contributed by atoms with Crippen molar-refractivity contribution in [3.63, 3.8) is 0 Å². The lowest BCUT2D eigenvalue weighted by Gasteiger charge is -2.13. The summed E-state index contributed by atoms with van der Waals surface area (Å²) in [6, 6.07) is 20.3. The maximum Gasteiger partial charge on any atom is 0.319 e. The minimum atomic E-state index is -0.351. The second kappa shape index (κ2) is 11.5. The molecule has 3 aromatic carbocycles. The number of anilines is 1. The molecular weight excluding hydrogens is 505 g/mol. The Kier molecular flexibility index (Phi) is 8.17. The van der Waals surface area contributed by atoms with Gasteiger partial charge in [0.05, 0.1) is 24.4 Å². The standard InChI is InChI=1S/C25H23Cl2N5O2S/c1-16-6-9-19(10-7-16)29-24(33)28-14-23-30-31-25(32(23)22-11-8-18(26)13-21(22)27)35-15-17-4-3-5-20(12-17)34-2/h3-13H,14-15H2,1-2H3,(H2,28,29,33). The molecule has 0 saturated heterocycles. The van der Waals surface area contributed by atoms with Crippen LogP contribution in [0.3, 0.4) is 0 Å². The molecule has 0 aliphatic heterocycles. The van der Waals surface area contributed by atoms with Gasteiger partial charge in [0.2, 0.25) is 0 Å². The van der Waals surface area contributed by atoms with E-state index in [9.17, 15) is 4.79 Å². The molecule has 0 spiro atoms. The molecule has 35 heavy (non-hydrogen) atoms. The van der Waals surface area contributed by atoms with Crippen molar-refractivity contribution in [2.45, 2.75) is 24.4 Å². The minimum absolute atomic E-state index is 0.142. The fraction of sp³-hybridized carbons (Fsp3) is 0.160. The van der Waals surface area contributed by atoms with Crippen LogP contribution in [0.25, 0.3) is 5.69 Å². The molecule has 4 aromatic rings. The zero-order chi connectivity index (χ0) is 24.8. The minimum Gasteiger partial charge on any atom is -0.497 e. The molecule has 0 aliphatic carbocycles. The number of hydrogen-bond donors (Lipinski definition) is 2. The topological polar surface area (TPSA) is 81.1 Å². The number of carbonyl (C=O) groups is 1. The Hall–Kier alpha value is -3.20. The Morgan fingerprint density at radius 2 is 1.86 bits per heavy atom. The van der Waals surface area contributed by atoms with Crippen LogP contribution in [0.4, 0.5) is 10.5 Å². The van der Waals surface area contributed by atoms with Gasteiger partial charge in [0, 0.05) is 16.5 Å². The second-order valence-corrected chi connectivity index (χ2v) is 9.43. The third-order valence-corrected chi connectivity index (χ3v) is 6.61. The molecule has 0 saturated carbocycles. The van der Waals surface area contributed by atoms with Crippen LogP contribution in [0.15, 0.2) is 71.9 Å². The van der Waals surface area contributed by atoms with Gasteiger partial charge in [-0.25, -0.2) is 4.79 Å². The number of nitrogens with zero attached hydrogens (tertiary/aromatic N) is 3. The van der Waals surface area contributed by atoms with E-state index in [0.717, 1.165) is 16.9 Å². The summed E-state index contributed by atoms with van der Waals surface area (Å²) >= 11 is 14.1. The number of aryl methyl sites for hydroxylation is 1. The molecule has 0 fully saturated rings. The Balaban J connectivity index is 1.54. The Labute approximate surface area is 217 Å². The summed E-state index contributed by atoms with van der Waals surface area (Å²) in [5, 5.41) is 15.9. The van der Waals surface area contributed by atoms with Crippen LogP contribution >= 0.6 is 35.0 Å². The van der Waals surface area contributed by atoms with Crippen molar-refractivity contribution in [3.8, 4) is 11.4 Å². The first-order chi connectivity index (χ1) is 16.9. The molecule has 4 rings (SSSR count). The van der Waals surface area contributed by atoms with Gasteiger partial charge in [0.1, 0.15) is 5.75 Å². The molecular formula is C25H23Cl2N5O2S. The first-order valence-corrected chi connectivity index (χ1v) is 12.4. The van der Waals surface area contributed by atoms with Crippen LogP contribution in [0.2, 0.25) is 10.0 Å². The fourth-order valence-corrected chi connectivity index (χ4v) is 4.69. The van der Waals surface area contributed by atoms with E-state index >= 15 is 0 Å². The van der Waals surface area contributed by atoms with Crippen LogP contribution in [0.5, 0.6) is 5.75 Å². The fourth-order valence-electron chi connectivity index (χ4n) is 3.29. The van der Waals surface area contributed by atoms with Crippen molar-refractivity contribution in [1.29, 1.82) is 0 Å². The number of thioether (sulfide) groups is 1. The van der Waals surface area contributed by atoms with E-state index in [4.69, 9.17) is 27.9 Å². The number of methoxy groups -OCH3 is 1. The zero-order valence-corrected chi connectivity index (χ0v) is 21.4. The van der Waals surface area contributed by atoms with E-state index in [-0.39, 0.29) is 12.6 Å². The first kappa shape index (κ1) is 24.9. The maximum atomic E-state index is 12.5. The van der Waals surface area contributed by atoms with Crippen LogP contribution in [0, 0.1) is 6.92 Å². The molecule has 0 unspecified atom stereocenters. The van der Waals surface area contributed by atoms with Gasteiger partial charge in [0.25, 0.3) is 0 Å². The number of benzene rings is 3. The number of aromatic nitrogens is 3. The predicted octanol–water partition coefficient (Wildman–Crippen LogP) is 6.51. The van der Waals surface area contributed by atoms with Gasteiger partial charge < -0.3 is 15.4 Å². The predicted molar refractivity (Wildman–Crippen MR) is 141 cm³/mol. The molecule has 0 bridgehead atoms. The molecule has 1 heterocycles. The van der Waals surface area contributed by atoms with Gasteiger partial charge in [-0.2, -0.15) is 0 Å². The lowest BCUT2D eigenvalue weighted by Crippen LogP contribution is -2.29. The summed E-state index contributed by atoms with van der Waals surface area (Å²) < 4.78 is 7.14. The van der Waals surface area contributed by atoms with Gasteiger partial charge >= 0.3 is 6.03 Å². The van der Waals surface area contributed by atoms with Crippen LogP contribution in [-0.4, -0.2) is 27.9 Å². The van der Waals surface area contributed by atoms with Crippen molar-refractivity contribution < 1.29 is 9.53 Å². The highest BCUT2D eigenvalue weighted by atomic mass is 35.5.